The van der Waals surface area contributed by atoms with E-state index in [0.29, 0.717) is 68.1 Å². The first-order chi connectivity index (χ1) is 27.6. The fourth-order valence-electron chi connectivity index (χ4n) is 7.12. The predicted molar refractivity (Wildman–Crippen MR) is 224 cm³/mol. The largest absolute Gasteiger partial charge is 0.508 e. The Morgan fingerprint density at radius 1 is 0.719 bits per heavy atom. The zero-order valence-corrected chi connectivity index (χ0v) is 35.3. The zero-order valence-electron chi connectivity index (χ0n) is 32.3. The molecular formula is C40H45Cl4N9O4. The number of fused-ring (bicyclic) bond motifs is 2. The number of phenols is 1. The van der Waals surface area contributed by atoms with E-state index in [1.165, 1.54) is 0 Å². The molecule has 0 radical (unpaired) electrons. The summed E-state index contributed by atoms with van der Waals surface area (Å²) in [5.74, 6) is 0.909. The molecule has 1 N–H and O–H groups in total. The molecule has 6 heterocycles. The molecular weight excluding hydrogens is 812 g/mol. The van der Waals surface area contributed by atoms with Crippen molar-refractivity contribution in [2.24, 2.45) is 0 Å². The van der Waals surface area contributed by atoms with E-state index in [9.17, 15) is 5.11 Å². The first-order valence-corrected chi connectivity index (χ1v) is 20.8. The van der Waals surface area contributed by atoms with Crippen LogP contribution < -0.4 is 4.74 Å². The molecule has 0 aliphatic carbocycles. The molecule has 13 nitrogen and oxygen atoms in total. The molecule has 2 atom stereocenters. The maximum atomic E-state index is 10.1. The highest BCUT2D eigenvalue weighted by molar-refractivity contribution is 6.34. The molecule has 0 bridgehead atoms. The highest BCUT2D eigenvalue weighted by Gasteiger charge is 2.25. The van der Waals surface area contributed by atoms with E-state index in [2.05, 4.69) is 48.7 Å². The van der Waals surface area contributed by atoms with Crippen molar-refractivity contribution in [3.05, 3.63) is 68.7 Å². The van der Waals surface area contributed by atoms with Crippen molar-refractivity contribution in [1.82, 2.24) is 43.9 Å². The van der Waals surface area contributed by atoms with Gasteiger partial charge in [-0.1, -0.05) is 37.0 Å². The predicted octanol–water partition coefficient (Wildman–Crippen LogP) is 10.0. The number of imidazole rings is 2. The number of halogens is 4. The van der Waals surface area contributed by atoms with E-state index in [1.807, 2.05) is 28.2 Å². The van der Waals surface area contributed by atoms with Crippen molar-refractivity contribution in [3.63, 3.8) is 0 Å². The van der Waals surface area contributed by atoms with E-state index >= 15 is 0 Å². The Kier molecular flexibility index (Phi) is 13.3. The van der Waals surface area contributed by atoms with Gasteiger partial charge in [-0.05, 0) is 124 Å². The fraction of sp³-hybridized carbons (Fsp3) is 0.450. The summed E-state index contributed by atoms with van der Waals surface area (Å²) in [6, 6.07) is 7.09. The fourth-order valence-corrected chi connectivity index (χ4v) is 8.06. The van der Waals surface area contributed by atoms with Crippen molar-refractivity contribution < 1.29 is 19.3 Å². The smallest absolute Gasteiger partial charge is 0.225 e. The van der Waals surface area contributed by atoms with Crippen LogP contribution in [0.4, 0.5) is 0 Å². The topological polar surface area (TPSA) is 138 Å². The number of benzene rings is 2. The van der Waals surface area contributed by atoms with E-state index in [0.717, 1.165) is 81.6 Å². The van der Waals surface area contributed by atoms with Gasteiger partial charge in [-0.2, -0.15) is 9.97 Å². The van der Waals surface area contributed by atoms with Crippen molar-refractivity contribution >= 4 is 68.7 Å². The normalized spacial score (nSPS) is 17.3. The second-order valence-electron chi connectivity index (χ2n) is 14.1. The summed E-state index contributed by atoms with van der Waals surface area (Å²) in [6.45, 7) is 13.0. The summed E-state index contributed by atoms with van der Waals surface area (Å²) in [7, 11) is 0. The van der Waals surface area contributed by atoms with Gasteiger partial charge < -0.3 is 24.2 Å². The highest BCUT2D eigenvalue weighted by atomic mass is 35.5. The lowest BCUT2D eigenvalue weighted by molar-refractivity contribution is -0.0299. The summed E-state index contributed by atoms with van der Waals surface area (Å²) in [6.07, 6.45) is 9.37. The molecule has 0 spiro atoms. The van der Waals surface area contributed by atoms with Gasteiger partial charge in [0.25, 0.3) is 0 Å². The van der Waals surface area contributed by atoms with E-state index in [4.69, 9.17) is 60.6 Å². The van der Waals surface area contributed by atoms with Crippen LogP contribution in [0.25, 0.3) is 44.8 Å². The van der Waals surface area contributed by atoms with Crippen molar-refractivity contribution in [2.75, 3.05) is 39.5 Å². The van der Waals surface area contributed by atoms with Crippen LogP contribution in [0.1, 0.15) is 76.0 Å². The molecule has 6 aromatic rings. The number of aromatic hydroxyl groups is 1. The van der Waals surface area contributed by atoms with Gasteiger partial charge in [0, 0.05) is 30.9 Å². The summed E-state index contributed by atoms with van der Waals surface area (Å²) in [4.78, 5) is 29.0. The Bertz CT molecular complexity index is 2360. The minimum atomic E-state index is -0.112. The molecule has 2 fully saturated rings. The molecule has 17 heteroatoms. The molecule has 2 aliphatic rings. The number of hydrogen-bond donors (Lipinski definition) is 1. The van der Waals surface area contributed by atoms with Crippen LogP contribution in [0.2, 0.25) is 20.6 Å². The minimum Gasteiger partial charge on any atom is -0.508 e. The average molecular weight is 858 g/mol. The van der Waals surface area contributed by atoms with Crippen LogP contribution in [0.15, 0.2) is 36.9 Å². The van der Waals surface area contributed by atoms with Gasteiger partial charge in [0.1, 0.15) is 53.0 Å². The summed E-state index contributed by atoms with van der Waals surface area (Å²) >= 11 is 25.5. The number of nitrogens with zero attached hydrogens (tertiary/aromatic N) is 9. The number of likely N-dealkylation sites (N-methyl/N-ethyl adjacent to an activating group) is 1. The summed E-state index contributed by atoms with van der Waals surface area (Å²) < 4.78 is 21.7. The maximum absolute atomic E-state index is 10.1. The Morgan fingerprint density at radius 3 is 1.72 bits per heavy atom. The quantitative estimate of drug-likeness (QED) is 0.132. The summed E-state index contributed by atoms with van der Waals surface area (Å²) in [5, 5.41) is 11.3. The molecule has 2 saturated heterocycles. The molecule has 4 aromatic heterocycles. The molecule has 0 amide bonds. The van der Waals surface area contributed by atoms with E-state index < -0.39 is 0 Å². The number of aryl methyl sites for hydroxylation is 2. The Morgan fingerprint density at radius 2 is 1.23 bits per heavy atom. The van der Waals surface area contributed by atoms with Gasteiger partial charge in [-0.25, -0.2) is 19.9 Å². The standard InChI is InChI=1S/C23H29Cl2N5O2.C17H16Cl2N4O2/c1-4-29(5-2)9-11-31-18-13-16(17(24)12-15(18)3)20-21-22(28-23(25)27-20)30(14-26-21)19-8-6-7-10-32-19;1-9-6-11(18)10(7-12(9)24)14-15-16(22-17(19)21-14)23(8-20-15)13-4-2-3-5-25-13/h12-14,19H,4-11H2,1-3H3;6-8,13,24H,2-5H2,1H3. The number of rotatable bonds is 10. The van der Waals surface area contributed by atoms with Crippen molar-refractivity contribution in [2.45, 2.75) is 78.7 Å². The molecule has 302 valence electrons. The van der Waals surface area contributed by atoms with Crippen LogP contribution in [0.3, 0.4) is 0 Å². The minimum absolute atomic E-state index is 0.0937. The lowest BCUT2D eigenvalue weighted by Gasteiger charge is -2.23. The third-order valence-electron chi connectivity index (χ3n) is 10.3. The van der Waals surface area contributed by atoms with Gasteiger partial charge in [0.2, 0.25) is 10.6 Å². The van der Waals surface area contributed by atoms with Gasteiger partial charge in [0.15, 0.2) is 11.3 Å². The maximum Gasteiger partial charge on any atom is 0.225 e. The van der Waals surface area contributed by atoms with Gasteiger partial charge in [-0.15, -0.1) is 0 Å². The van der Waals surface area contributed by atoms with Gasteiger partial charge >= 0.3 is 0 Å². The lowest BCUT2D eigenvalue weighted by atomic mass is 10.1. The molecule has 8 rings (SSSR count). The van der Waals surface area contributed by atoms with Crippen molar-refractivity contribution in [3.8, 4) is 34.0 Å². The number of aromatic nitrogens is 8. The summed E-state index contributed by atoms with van der Waals surface area (Å²) in [5.41, 5.74) is 6.48. The molecule has 2 unspecified atom stereocenters. The van der Waals surface area contributed by atoms with Crippen LogP contribution >= 0.6 is 46.4 Å². The van der Waals surface area contributed by atoms with E-state index in [1.54, 1.807) is 31.7 Å². The van der Waals surface area contributed by atoms with Crippen LogP contribution in [0.5, 0.6) is 11.5 Å². The Hall–Kier alpha value is -3.82. The average Bonchev–Trinajstić information content (AvgIpc) is 3.84. The second kappa shape index (κ2) is 18.4. The number of hydrogen-bond acceptors (Lipinski definition) is 11. The van der Waals surface area contributed by atoms with Crippen LogP contribution in [-0.4, -0.2) is 88.5 Å². The number of phenolic OH excluding ortho intramolecular Hbond substituents is 1. The second-order valence-corrected chi connectivity index (χ2v) is 15.6. The van der Waals surface area contributed by atoms with Crippen LogP contribution in [-0.2, 0) is 9.47 Å². The van der Waals surface area contributed by atoms with Gasteiger partial charge in [0.05, 0.1) is 22.7 Å². The van der Waals surface area contributed by atoms with E-state index in [-0.39, 0.29) is 28.8 Å². The molecule has 2 aliphatic heterocycles. The van der Waals surface area contributed by atoms with Gasteiger partial charge in [-0.3, -0.25) is 9.13 Å². The molecule has 2 aromatic carbocycles. The Labute approximate surface area is 351 Å². The highest BCUT2D eigenvalue weighted by Crippen LogP contribution is 2.39. The molecule has 0 saturated carbocycles. The van der Waals surface area contributed by atoms with Crippen LogP contribution in [0, 0.1) is 13.8 Å². The SMILES string of the molecule is CCN(CC)CCOc1cc(-c2nc(Cl)nc3c2ncn3C2CCCCO2)c(Cl)cc1C.Cc1cc(Cl)c(-c2nc(Cl)nc3c2ncn3C2CCCCO2)cc1O. The zero-order chi connectivity index (χ0) is 40.2. The monoisotopic (exact) mass is 855 g/mol. The Balaban J connectivity index is 0.000000179. The lowest BCUT2D eigenvalue weighted by Crippen LogP contribution is -2.28. The molecule has 57 heavy (non-hydrogen) atoms. The first-order valence-electron chi connectivity index (χ1n) is 19.2. The first kappa shape index (κ1) is 41.3. The number of ether oxygens (including phenoxy) is 3. The third kappa shape index (κ3) is 9.10. The third-order valence-corrected chi connectivity index (χ3v) is 11.3. The van der Waals surface area contributed by atoms with Crippen molar-refractivity contribution in [1.29, 1.82) is 0 Å².